The minimum atomic E-state index is -3.68. The molecule has 5 heteroatoms. The molecule has 1 aromatic carbocycles. The molecule has 1 rings (SSSR count). The first kappa shape index (κ1) is 22.0. The van der Waals surface area contributed by atoms with E-state index in [9.17, 15) is 8.42 Å². The molecule has 0 fully saturated rings. The van der Waals surface area contributed by atoms with Crippen LogP contribution in [0.15, 0.2) is 29.2 Å². The Hall–Kier alpha value is -0.0713. The molecule has 0 aliphatic carbocycles. The summed E-state index contributed by atoms with van der Waals surface area (Å²) in [6.07, 6.45) is 0. The van der Waals surface area contributed by atoms with E-state index >= 15 is 0 Å². The summed E-state index contributed by atoms with van der Waals surface area (Å²) in [6.45, 7) is 15.0. The van der Waals surface area contributed by atoms with Crippen molar-refractivity contribution in [2.24, 2.45) is 17.8 Å². The quantitative estimate of drug-likeness (QED) is 0.449. The second-order valence-electron chi connectivity index (χ2n) is 8.33. The van der Waals surface area contributed by atoms with Crippen LogP contribution in [0.2, 0.25) is 13.3 Å². The van der Waals surface area contributed by atoms with Gasteiger partial charge in [0.2, 0.25) is 0 Å². The third-order valence-electron chi connectivity index (χ3n) is 3.94. The molecule has 0 atom stereocenters. The summed E-state index contributed by atoms with van der Waals surface area (Å²) >= 11 is -3.31. The molecule has 0 saturated heterocycles. The molecule has 0 aromatic heterocycles. The van der Waals surface area contributed by atoms with E-state index in [1.165, 1.54) is 0 Å². The van der Waals surface area contributed by atoms with Crippen molar-refractivity contribution in [2.45, 2.75) is 66.7 Å². The van der Waals surface area contributed by atoms with Crippen LogP contribution in [0, 0.1) is 24.7 Å². The molecular formula is C19H34O3SSn. The Morgan fingerprint density at radius 1 is 0.833 bits per heavy atom. The first-order valence-corrected chi connectivity index (χ1v) is 17.6. The summed E-state index contributed by atoms with van der Waals surface area (Å²) in [5.41, 5.74) is 1.05. The average molecular weight is 461 g/mol. The van der Waals surface area contributed by atoms with Crippen LogP contribution in [0.3, 0.4) is 0 Å². The van der Waals surface area contributed by atoms with E-state index in [2.05, 4.69) is 41.5 Å². The van der Waals surface area contributed by atoms with Crippen molar-refractivity contribution in [3.8, 4) is 0 Å². The fraction of sp³-hybridized carbons (Fsp3) is 0.684. The van der Waals surface area contributed by atoms with Gasteiger partial charge in [-0.05, 0) is 0 Å². The summed E-state index contributed by atoms with van der Waals surface area (Å²) < 4.78 is 34.9. The molecule has 3 nitrogen and oxygen atoms in total. The number of rotatable bonds is 9. The molecule has 0 saturated carbocycles. The van der Waals surface area contributed by atoms with E-state index in [0.717, 1.165) is 18.9 Å². The van der Waals surface area contributed by atoms with Crippen LogP contribution in [0.25, 0.3) is 0 Å². The number of hydrogen-bond donors (Lipinski definition) is 0. The normalized spacial score (nSPS) is 13.2. The van der Waals surface area contributed by atoms with Crippen LogP contribution in [-0.2, 0) is 12.6 Å². The van der Waals surface area contributed by atoms with E-state index in [-0.39, 0.29) is 0 Å². The molecule has 0 unspecified atom stereocenters. The summed E-state index contributed by atoms with van der Waals surface area (Å²) in [5.74, 6) is 1.39. The van der Waals surface area contributed by atoms with Gasteiger partial charge >= 0.3 is 154 Å². The molecule has 0 aliphatic rings. The third kappa shape index (κ3) is 7.04. The van der Waals surface area contributed by atoms with Gasteiger partial charge in [0.05, 0.1) is 0 Å². The molecule has 138 valence electrons. The molecular weight excluding hydrogens is 427 g/mol. The molecule has 0 amide bonds. The van der Waals surface area contributed by atoms with Gasteiger partial charge in [0, 0.05) is 0 Å². The number of hydrogen-bond acceptors (Lipinski definition) is 3. The Bertz CT molecular complexity index is 577. The van der Waals surface area contributed by atoms with Crippen molar-refractivity contribution >= 4 is 28.9 Å². The SMILES string of the molecule is Cc1ccc(S(=O)(=O)[O][Sn]([CH2]C(C)C)([CH2]C(C)C)[CH2]C(C)C)cc1. The van der Waals surface area contributed by atoms with Gasteiger partial charge in [-0.3, -0.25) is 0 Å². The van der Waals surface area contributed by atoms with E-state index in [1.807, 2.05) is 19.1 Å². The zero-order valence-corrected chi connectivity index (χ0v) is 20.0. The third-order valence-corrected chi connectivity index (χ3v) is 23.6. The second kappa shape index (κ2) is 9.04. The Kier molecular flexibility index (Phi) is 8.27. The first-order valence-electron chi connectivity index (χ1n) is 8.98. The molecule has 0 spiro atoms. The van der Waals surface area contributed by atoms with Gasteiger partial charge in [0.15, 0.2) is 0 Å². The zero-order chi connectivity index (χ0) is 18.5. The van der Waals surface area contributed by atoms with Gasteiger partial charge in [-0.1, -0.05) is 0 Å². The summed E-state index contributed by atoms with van der Waals surface area (Å²) in [7, 11) is -3.68. The van der Waals surface area contributed by atoms with Gasteiger partial charge in [0.25, 0.3) is 0 Å². The molecule has 1 aromatic rings. The van der Waals surface area contributed by atoms with Crippen LogP contribution in [0.1, 0.15) is 47.1 Å². The van der Waals surface area contributed by atoms with E-state index in [1.54, 1.807) is 12.1 Å². The molecule has 0 heterocycles. The van der Waals surface area contributed by atoms with E-state index in [4.69, 9.17) is 2.52 Å². The first-order chi connectivity index (χ1) is 11.0. The van der Waals surface area contributed by atoms with Crippen molar-refractivity contribution in [3.05, 3.63) is 29.8 Å². The van der Waals surface area contributed by atoms with Crippen molar-refractivity contribution in [1.29, 1.82) is 0 Å². The fourth-order valence-electron chi connectivity index (χ4n) is 3.57. The number of benzene rings is 1. The van der Waals surface area contributed by atoms with Gasteiger partial charge in [-0.25, -0.2) is 0 Å². The summed E-state index contributed by atoms with van der Waals surface area (Å²) in [4.78, 5) is 0.297. The Balaban J connectivity index is 3.23. The van der Waals surface area contributed by atoms with Crippen molar-refractivity contribution < 1.29 is 10.9 Å². The Labute approximate surface area is 153 Å². The monoisotopic (exact) mass is 462 g/mol. The predicted molar refractivity (Wildman–Crippen MR) is 104 cm³/mol. The van der Waals surface area contributed by atoms with Crippen molar-refractivity contribution in [3.63, 3.8) is 0 Å². The molecule has 24 heavy (non-hydrogen) atoms. The second-order valence-corrected chi connectivity index (χ2v) is 21.5. The molecule has 0 aliphatic heterocycles. The van der Waals surface area contributed by atoms with Crippen LogP contribution in [0.5, 0.6) is 0 Å². The summed E-state index contributed by atoms with van der Waals surface area (Å²) in [6, 6.07) is 7.00. The van der Waals surface area contributed by atoms with Crippen LogP contribution in [0.4, 0.5) is 0 Å². The van der Waals surface area contributed by atoms with Crippen LogP contribution < -0.4 is 0 Å². The number of aryl methyl sites for hydroxylation is 1. The Morgan fingerprint density at radius 2 is 1.21 bits per heavy atom. The van der Waals surface area contributed by atoms with Gasteiger partial charge in [-0.15, -0.1) is 0 Å². The van der Waals surface area contributed by atoms with Crippen LogP contribution in [-0.4, -0.2) is 27.2 Å². The maximum absolute atomic E-state index is 12.9. The molecule has 0 N–H and O–H groups in total. The minimum absolute atomic E-state index is 0.297. The van der Waals surface area contributed by atoms with Crippen molar-refractivity contribution in [2.75, 3.05) is 0 Å². The van der Waals surface area contributed by atoms with E-state index in [0.29, 0.717) is 22.6 Å². The average Bonchev–Trinajstić information content (AvgIpc) is 2.35. The fourth-order valence-corrected chi connectivity index (χ4v) is 25.5. The Morgan fingerprint density at radius 3 is 1.54 bits per heavy atom. The molecule has 0 radical (unpaired) electrons. The molecule has 0 bridgehead atoms. The standard InChI is InChI=1S/C7H8O3S.3C4H9.Sn/c1-6-2-4-7(5-3-6)11(8,9)10;3*1-4(2)3;/h2-5H,1H3,(H,8,9,10);3*4H,1H2,2-3H3;/q;;;;+1/p-1. The van der Waals surface area contributed by atoms with Gasteiger partial charge < -0.3 is 0 Å². The van der Waals surface area contributed by atoms with E-state index < -0.39 is 28.9 Å². The van der Waals surface area contributed by atoms with Gasteiger partial charge in [0.1, 0.15) is 0 Å². The zero-order valence-electron chi connectivity index (χ0n) is 16.3. The van der Waals surface area contributed by atoms with Crippen LogP contribution >= 0.6 is 0 Å². The predicted octanol–water partition coefficient (Wildman–Crippen LogP) is 5.61. The topological polar surface area (TPSA) is 43.4 Å². The van der Waals surface area contributed by atoms with Gasteiger partial charge in [-0.2, -0.15) is 0 Å². The maximum atomic E-state index is 12.9. The van der Waals surface area contributed by atoms with Crippen molar-refractivity contribution in [1.82, 2.24) is 0 Å². The summed E-state index contributed by atoms with van der Waals surface area (Å²) in [5, 5.41) is 0.